The van der Waals surface area contributed by atoms with E-state index in [1.54, 1.807) is 19.0 Å². The van der Waals surface area contributed by atoms with Crippen molar-refractivity contribution in [3.63, 3.8) is 0 Å². The normalized spacial score (nSPS) is 12.0. The zero-order valence-electron chi connectivity index (χ0n) is 13.7. The predicted octanol–water partition coefficient (Wildman–Crippen LogP) is 4.15. The molecule has 116 valence electrons. The van der Waals surface area contributed by atoms with E-state index in [2.05, 4.69) is 31.2 Å². The second kappa shape index (κ2) is 7.23. The first-order chi connectivity index (χ1) is 10.5. The van der Waals surface area contributed by atoms with Crippen molar-refractivity contribution in [2.45, 2.75) is 20.0 Å². The van der Waals surface area contributed by atoms with Gasteiger partial charge in [-0.15, -0.1) is 0 Å². The molecule has 3 nitrogen and oxygen atoms in total. The highest BCUT2D eigenvalue weighted by Gasteiger charge is 2.09. The number of benzene rings is 2. The third-order valence-electron chi connectivity index (χ3n) is 3.65. The maximum atomic E-state index is 12.1. The molecule has 0 heterocycles. The summed E-state index contributed by atoms with van der Waals surface area (Å²) in [5, 5.41) is 0. The minimum Gasteiger partial charge on any atom is -0.374 e. The van der Waals surface area contributed by atoms with Crippen LogP contribution in [0.3, 0.4) is 0 Å². The Hall–Kier alpha value is -2.13. The molecule has 3 heteroatoms. The van der Waals surface area contributed by atoms with Gasteiger partial charge in [0.1, 0.15) is 0 Å². The lowest BCUT2D eigenvalue weighted by atomic mass is 10.0. The molecule has 0 saturated carbocycles. The van der Waals surface area contributed by atoms with Crippen molar-refractivity contribution in [1.29, 1.82) is 0 Å². The van der Waals surface area contributed by atoms with Crippen LogP contribution in [0.15, 0.2) is 48.5 Å². The van der Waals surface area contributed by atoms with Crippen molar-refractivity contribution in [3.05, 3.63) is 59.7 Å². The van der Waals surface area contributed by atoms with E-state index < -0.39 is 0 Å². The number of rotatable bonds is 5. The Morgan fingerprint density at radius 3 is 2.36 bits per heavy atom. The average molecular weight is 297 g/mol. The van der Waals surface area contributed by atoms with Crippen LogP contribution in [-0.4, -0.2) is 31.5 Å². The van der Waals surface area contributed by atoms with Gasteiger partial charge < -0.3 is 9.64 Å². The zero-order chi connectivity index (χ0) is 16.1. The minimum absolute atomic E-state index is 0.0171. The van der Waals surface area contributed by atoms with Gasteiger partial charge >= 0.3 is 0 Å². The molecule has 2 aromatic carbocycles. The fourth-order valence-corrected chi connectivity index (χ4v) is 2.38. The van der Waals surface area contributed by atoms with Crippen molar-refractivity contribution in [2.75, 3.05) is 20.7 Å². The predicted molar refractivity (Wildman–Crippen MR) is 89.9 cm³/mol. The van der Waals surface area contributed by atoms with E-state index in [-0.39, 0.29) is 12.0 Å². The van der Waals surface area contributed by atoms with Gasteiger partial charge in [0.05, 0.1) is 6.10 Å². The number of hydrogen-bond donors (Lipinski definition) is 0. The summed E-state index contributed by atoms with van der Waals surface area (Å²) in [4.78, 5) is 13.6. The lowest BCUT2D eigenvalue weighted by molar-refractivity contribution is 0.0764. The van der Waals surface area contributed by atoms with Crippen LogP contribution in [-0.2, 0) is 4.74 Å². The van der Waals surface area contributed by atoms with Crippen LogP contribution in [0.25, 0.3) is 11.1 Å². The number of amides is 1. The fraction of sp³-hybridized carbons (Fsp3) is 0.316. The quantitative estimate of drug-likeness (QED) is 0.829. The van der Waals surface area contributed by atoms with Crippen molar-refractivity contribution in [1.82, 2.24) is 4.90 Å². The maximum absolute atomic E-state index is 12.1. The molecule has 0 radical (unpaired) electrons. The average Bonchev–Trinajstić information content (AvgIpc) is 2.54. The standard InChI is InChI=1S/C19H23NO2/c1-5-22-14(2)15-9-11-16(12-10-15)17-7-6-8-18(13-17)19(21)20(3)4/h6-14H,5H2,1-4H3/t14-/m1/s1. The SMILES string of the molecule is CCO[C@H](C)c1ccc(-c2cccc(C(=O)N(C)C)c2)cc1. The van der Waals surface area contributed by atoms with Gasteiger partial charge in [-0.3, -0.25) is 4.79 Å². The molecular weight excluding hydrogens is 274 g/mol. The largest absolute Gasteiger partial charge is 0.374 e. The molecule has 1 amide bonds. The van der Waals surface area contributed by atoms with Gasteiger partial charge in [0, 0.05) is 26.3 Å². The van der Waals surface area contributed by atoms with Gasteiger partial charge in [-0.05, 0) is 42.7 Å². The van der Waals surface area contributed by atoms with Crippen LogP contribution >= 0.6 is 0 Å². The molecule has 0 N–H and O–H groups in total. The molecule has 0 aliphatic rings. The Labute approximate surface area is 132 Å². The molecule has 1 atom stereocenters. The molecule has 2 rings (SSSR count). The van der Waals surface area contributed by atoms with Crippen molar-refractivity contribution in [3.8, 4) is 11.1 Å². The van der Waals surface area contributed by atoms with Crippen LogP contribution in [0.1, 0.15) is 35.9 Å². The number of ether oxygens (including phenoxy) is 1. The highest BCUT2D eigenvalue weighted by molar-refractivity contribution is 5.95. The molecule has 0 aliphatic heterocycles. The second-order valence-corrected chi connectivity index (χ2v) is 5.50. The summed E-state index contributed by atoms with van der Waals surface area (Å²) in [5.74, 6) is 0.0171. The summed E-state index contributed by atoms with van der Waals surface area (Å²) in [6, 6.07) is 16.0. The first-order valence-electron chi connectivity index (χ1n) is 7.56. The van der Waals surface area contributed by atoms with E-state index in [0.29, 0.717) is 12.2 Å². The molecule has 0 spiro atoms. The number of hydrogen-bond acceptors (Lipinski definition) is 2. The van der Waals surface area contributed by atoms with Gasteiger partial charge in [-0.25, -0.2) is 0 Å². The number of carbonyl (C=O) groups excluding carboxylic acids is 1. The molecule has 0 bridgehead atoms. The third kappa shape index (κ3) is 3.74. The summed E-state index contributed by atoms with van der Waals surface area (Å²) in [7, 11) is 3.53. The van der Waals surface area contributed by atoms with Gasteiger partial charge in [-0.2, -0.15) is 0 Å². The Balaban J connectivity index is 2.25. The van der Waals surface area contributed by atoms with Gasteiger partial charge in [0.15, 0.2) is 0 Å². The first kappa shape index (κ1) is 16.2. The highest BCUT2D eigenvalue weighted by atomic mass is 16.5. The highest BCUT2D eigenvalue weighted by Crippen LogP contribution is 2.24. The monoisotopic (exact) mass is 297 g/mol. The summed E-state index contributed by atoms with van der Waals surface area (Å²) in [5.41, 5.74) is 4.00. The van der Waals surface area contributed by atoms with Crippen molar-refractivity contribution >= 4 is 5.91 Å². The first-order valence-corrected chi connectivity index (χ1v) is 7.56. The van der Waals surface area contributed by atoms with E-state index in [4.69, 9.17) is 4.74 Å². The summed E-state index contributed by atoms with van der Waals surface area (Å²) < 4.78 is 5.60. The number of nitrogens with zero attached hydrogens (tertiary/aromatic N) is 1. The van der Waals surface area contributed by atoms with E-state index >= 15 is 0 Å². The van der Waals surface area contributed by atoms with E-state index in [1.807, 2.05) is 31.2 Å². The Bertz CT molecular complexity index is 632. The smallest absolute Gasteiger partial charge is 0.253 e. The van der Waals surface area contributed by atoms with Gasteiger partial charge in [-0.1, -0.05) is 36.4 Å². The van der Waals surface area contributed by atoms with Crippen LogP contribution in [0.4, 0.5) is 0 Å². The third-order valence-corrected chi connectivity index (χ3v) is 3.65. The summed E-state index contributed by atoms with van der Waals surface area (Å²) >= 11 is 0. The van der Waals surface area contributed by atoms with E-state index in [1.165, 1.54) is 0 Å². The molecule has 0 aliphatic carbocycles. The van der Waals surface area contributed by atoms with Crippen molar-refractivity contribution < 1.29 is 9.53 Å². The lowest BCUT2D eigenvalue weighted by Gasteiger charge is -2.13. The van der Waals surface area contributed by atoms with Crippen molar-refractivity contribution in [2.24, 2.45) is 0 Å². The molecule has 0 unspecified atom stereocenters. The molecular formula is C19H23NO2. The second-order valence-electron chi connectivity index (χ2n) is 5.50. The van der Waals surface area contributed by atoms with Crippen LogP contribution < -0.4 is 0 Å². The van der Waals surface area contributed by atoms with Gasteiger partial charge in [0.25, 0.3) is 5.91 Å². The Kier molecular flexibility index (Phi) is 5.34. The summed E-state index contributed by atoms with van der Waals surface area (Å²) in [6.07, 6.45) is 0.0979. The Morgan fingerprint density at radius 2 is 1.77 bits per heavy atom. The molecule has 0 fully saturated rings. The minimum atomic E-state index is 0.0171. The van der Waals surface area contributed by atoms with Gasteiger partial charge in [0.2, 0.25) is 0 Å². The fourth-order valence-electron chi connectivity index (χ4n) is 2.38. The Morgan fingerprint density at radius 1 is 1.09 bits per heavy atom. The lowest BCUT2D eigenvalue weighted by Crippen LogP contribution is -2.21. The van der Waals surface area contributed by atoms with Crippen LogP contribution in [0, 0.1) is 0 Å². The van der Waals surface area contributed by atoms with E-state index in [0.717, 1.165) is 16.7 Å². The molecule has 22 heavy (non-hydrogen) atoms. The summed E-state index contributed by atoms with van der Waals surface area (Å²) in [6.45, 7) is 4.75. The molecule has 0 saturated heterocycles. The maximum Gasteiger partial charge on any atom is 0.253 e. The topological polar surface area (TPSA) is 29.5 Å². The van der Waals surface area contributed by atoms with Crippen LogP contribution in [0.2, 0.25) is 0 Å². The molecule has 2 aromatic rings. The zero-order valence-corrected chi connectivity index (χ0v) is 13.7. The molecule has 0 aromatic heterocycles. The van der Waals surface area contributed by atoms with Crippen LogP contribution in [0.5, 0.6) is 0 Å². The number of carbonyl (C=O) groups is 1. The van der Waals surface area contributed by atoms with E-state index in [9.17, 15) is 4.79 Å².